The van der Waals surface area contributed by atoms with E-state index in [4.69, 9.17) is 14.2 Å². The van der Waals surface area contributed by atoms with E-state index in [-0.39, 0.29) is 18.0 Å². The maximum absolute atomic E-state index is 11.5. The molecule has 4 heteroatoms. The van der Waals surface area contributed by atoms with Gasteiger partial charge < -0.3 is 14.2 Å². The number of Topliss-reactive ketones (excluding diaryl/α,β-unsaturated/α-hetero) is 1. The predicted molar refractivity (Wildman–Crippen MR) is 74.3 cm³/mol. The van der Waals surface area contributed by atoms with Crippen molar-refractivity contribution < 1.29 is 19.0 Å². The summed E-state index contributed by atoms with van der Waals surface area (Å²) in [5.74, 6) is 0.762. The Kier molecular flexibility index (Phi) is 8.26. The third-order valence-corrected chi connectivity index (χ3v) is 3.73. The maximum Gasteiger partial charge on any atom is 0.166 e. The minimum absolute atomic E-state index is 0.0416. The molecule has 3 atom stereocenters. The van der Waals surface area contributed by atoms with Gasteiger partial charge in [-0.25, -0.2) is 0 Å². The molecular formula is C15H28O4. The van der Waals surface area contributed by atoms with Crippen molar-refractivity contribution in [2.75, 3.05) is 26.9 Å². The van der Waals surface area contributed by atoms with E-state index < -0.39 is 0 Å². The van der Waals surface area contributed by atoms with Crippen molar-refractivity contribution >= 4 is 5.78 Å². The fourth-order valence-electron chi connectivity index (χ4n) is 2.23. The molecule has 19 heavy (non-hydrogen) atoms. The molecule has 1 fully saturated rings. The normalized spacial score (nSPS) is 24.3. The van der Waals surface area contributed by atoms with Gasteiger partial charge in [-0.05, 0) is 12.3 Å². The molecule has 0 spiro atoms. The number of unbranched alkanes of at least 4 members (excludes halogenated alkanes) is 1. The highest BCUT2D eigenvalue weighted by atomic mass is 16.6. The number of ether oxygens (including phenoxy) is 3. The molecule has 0 aromatic heterocycles. The SMILES string of the molecule is CCCCC(CC)COC1CC(=O)C1OCCOC. The van der Waals surface area contributed by atoms with Gasteiger partial charge in [0.15, 0.2) is 5.78 Å². The van der Waals surface area contributed by atoms with Crippen molar-refractivity contribution in [2.45, 2.75) is 58.2 Å². The first kappa shape index (κ1) is 16.6. The molecule has 0 aromatic carbocycles. The number of rotatable bonds is 11. The molecule has 1 aliphatic rings. The summed E-state index contributed by atoms with van der Waals surface area (Å²) >= 11 is 0. The van der Waals surface area contributed by atoms with Gasteiger partial charge in [0, 0.05) is 20.1 Å². The Morgan fingerprint density at radius 3 is 2.63 bits per heavy atom. The zero-order valence-corrected chi connectivity index (χ0v) is 12.5. The number of carbonyl (C=O) groups is 1. The third-order valence-electron chi connectivity index (χ3n) is 3.73. The molecule has 1 rings (SSSR count). The standard InChI is InChI=1S/C15H28O4/c1-4-6-7-12(5-2)11-19-14-10-13(16)15(14)18-9-8-17-3/h12,14-15H,4-11H2,1-3H3. The molecule has 0 bridgehead atoms. The van der Waals surface area contributed by atoms with E-state index in [0.29, 0.717) is 25.6 Å². The average molecular weight is 272 g/mol. The molecule has 0 aliphatic heterocycles. The second kappa shape index (κ2) is 9.45. The van der Waals surface area contributed by atoms with Gasteiger partial charge in [0.2, 0.25) is 0 Å². The van der Waals surface area contributed by atoms with Gasteiger partial charge in [0.05, 0.1) is 19.3 Å². The molecule has 0 aromatic rings. The minimum atomic E-state index is -0.362. The van der Waals surface area contributed by atoms with E-state index in [1.165, 1.54) is 19.3 Å². The van der Waals surface area contributed by atoms with E-state index in [1.54, 1.807) is 7.11 Å². The van der Waals surface area contributed by atoms with Crippen molar-refractivity contribution in [1.29, 1.82) is 0 Å². The fourth-order valence-corrected chi connectivity index (χ4v) is 2.23. The molecule has 4 nitrogen and oxygen atoms in total. The van der Waals surface area contributed by atoms with Crippen LogP contribution in [0, 0.1) is 5.92 Å². The average Bonchev–Trinajstić information content (AvgIpc) is 2.42. The lowest BCUT2D eigenvalue weighted by molar-refractivity contribution is -0.169. The van der Waals surface area contributed by atoms with E-state index >= 15 is 0 Å². The van der Waals surface area contributed by atoms with Gasteiger partial charge in [-0.3, -0.25) is 4.79 Å². The molecule has 0 heterocycles. The van der Waals surface area contributed by atoms with Gasteiger partial charge >= 0.3 is 0 Å². The highest BCUT2D eigenvalue weighted by molar-refractivity contribution is 5.90. The number of ketones is 1. The van der Waals surface area contributed by atoms with Gasteiger partial charge in [-0.2, -0.15) is 0 Å². The van der Waals surface area contributed by atoms with Crippen LogP contribution in [0.4, 0.5) is 0 Å². The fraction of sp³-hybridized carbons (Fsp3) is 0.933. The quantitative estimate of drug-likeness (QED) is 0.542. The van der Waals surface area contributed by atoms with E-state index in [1.807, 2.05) is 0 Å². The molecule has 1 aliphatic carbocycles. The van der Waals surface area contributed by atoms with Crippen molar-refractivity contribution in [1.82, 2.24) is 0 Å². The largest absolute Gasteiger partial charge is 0.382 e. The summed E-state index contributed by atoms with van der Waals surface area (Å²) in [6.07, 6.45) is 4.92. The van der Waals surface area contributed by atoms with Crippen molar-refractivity contribution in [3.63, 3.8) is 0 Å². The topological polar surface area (TPSA) is 44.8 Å². The molecule has 1 saturated carbocycles. The molecule has 0 amide bonds. The maximum atomic E-state index is 11.5. The van der Waals surface area contributed by atoms with Crippen LogP contribution in [-0.4, -0.2) is 44.9 Å². The zero-order valence-electron chi connectivity index (χ0n) is 12.5. The Bertz CT molecular complexity index is 255. The predicted octanol–water partition coefficient (Wildman–Crippen LogP) is 2.59. The van der Waals surface area contributed by atoms with Crippen LogP contribution >= 0.6 is 0 Å². The van der Waals surface area contributed by atoms with Gasteiger partial charge in [0.25, 0.3) is 0 Å². The van der Waals surface area contributed by atoms with Gasteiger partial charge in [-0.1, -0.05) is 33.1 Å². The second-order valence-corrected chi connectivity index (χ2v) is 5.24. The van der Waals surface area contributed by atoms with Crippen LogP contribution in [0.3, 0.4) is 0 Å². The molecule has 112 valence electrons. The summed E-state index contributed by atoms with van der Waals surface area (Å²) in [5.41, 5.74) is 0. The smallest absolute Gasteiger partial charge is 0.166 e. The van der Waals surface area contributed by atoms with Gasteiger partial charge in [0.1, 0.15) is 6.10 Å². The highest BCUT2D eigenvalue weighted by Crippen LogP contribution is 2.24. The minimum Gasteiger partial charge on any atom is -0.382 e. The number of carbonyl (C=O) groups excluding carboxylic acids is 1. The molecule has 3 unspecified atom stereocenters. The van der Waals surface area contributed by atoms with Gasteiger partial charge in [-0.15, -0.1) is 0 Å². The Morgan fingerprint density at radius 2 is 2.05 bits per heavy atom. The van der Waals surface area contributed by atoms with Crippen LogP contribution in [0.5, 0.6) is 0 Å². The van der Waals surface area contributed by atoms with Crippen molar-refractivity contribution in [3.05, 3.63) is 0 Å². The van der Waals surface area contributed by atoms with E-state index in [0.717, 1.165) is 13.0 Å². The van der Waals surface area contributed by atoms with Crippen LogP contribution in [0.25, 0.3) is 0 Å². The number of hydrogen-bond donors (Lipinski definition) is 0. The summed E-state index contributed by atoms with van der Waals surface area (Å²) in [5, 5.41) is 0. The summed E-state index contributed by atoms with van der Waals surface area (Å²) in [4.78, 5) is 11.5. The first-order valence-corrected chi connectivity index (χ1v) is 7.47. The number of hydrogen-bond acceptors (Lipinski definition) is 4. The summed E-state index contributed by atoms with van der Waals surface area (Å²) in [7, 11) is 1.62. The first-order chi connectivity index (χ1) is 9.22. The lowest BCUT2D eigenvalue weighted by Crippen LogP contribution is -2.51. The Morgan fingerprint density at radius 1 is 1.26 bits per heavy atom. The summed E-state index contributed by atoms with van der Waals surface area (Å²) in [6, 6.07) is 0. The van der Waals surface area contributed by atoms with Crippen LogP contribution in [0.1, 0.15) is 46.0 Å². The first-order valence-electron chi connectivity index (χ1n) is 7.47. The van der Waals surface area contributed by atoms with Crippen LogP contribution in [0.2, 0.25) is 0 Å². The van der Waals surface area contributed by atoms with Crippen LogP contribution in [0.15, 0.2) is 0 Å². The summed E-state index contributed by atoms with van der Waals surface area (Å²) in [6.45, 7) is 6.13. The molecule has 0 saturated heterocycles. The van der Waals surface area contributed by atoms with Crippen molar-refractivity contribution in [2.24, 2.45) is 5.92 Å². The lowest BCUT2D eigenvalue weighted by Gasteiger charge is -2.35. The van der Waals surface area contributed by atoms with Crippen LogP contribution < -0.4 is 0 Å². The Labute approximate surface area is 116 Å². The van der Waals surface area contributed by atoms with Crippen molar-refractivity contribution in [3.8, 4) is 0 Å². The van der Waals surface area contributed by atoms with E-state index in [9.17, 15) is 4.79 Å². The molecule has 0 radical (unpaired) electrons. The second-order valence-electron chi connectivity index (χ2n) is 5.24. The lowest BCUT2D eigenvalue weighted by atomic mass is 9.89. The monoisotopic (exact) mass is 272 g/mol. The third kappa shape index (κ3) is 5.59. The number of methoxy groups -OCH3 is 1. The molecular weight excluding hydrogens is 244 g/mol. The summed E-state index contributed by atoms with van der Waals surface area (Å²) < 4.78 is 16.3. The zero-order chi connectivity index (χ0) is 14.1. The van der Waals surface area contributed by atoms with E-state index in [2.05, 4.69) is 13.8 Å². The van der Waals surface area contributed by atoms with Crippen LogP contribution in [-0.2, 0) is 19.0 Å². The Balaban J connectivity index is 2.21. The molecule has 0 N–H and O–H groups in total. The Hall–Kier alpha value is -0.450. The highest BCUT2D eigenvalue weighted by Gasteiger charge is 2.41.